The zero-order valence-electron chi connectivity index (χ0n) is 21.6. The van der Waals surface area contributed by atoms with Crippen LogP contribution in [0.15, 0.2) is 30.5 Å². The van der Waals surface area contributed by atoms with Gasteiger partial charge in [-0.15, -0.1) is 11.3 Å². The van der Waals surface area contributed by atoms with Crippen LogP contribution in [-0.2, 0) is 21.0 Å². The summed E-state index contributed by atoms with van der Waals surface area (Å²) in [5.74, 6) is 5.60. The van der Waals surface area contributed by atoms with Crippen molar-refractivity contribution in [3.05, 3.63) is 35.3 Å². The predicted molar refractivity (Wildman–Crippen MR) is 153 cm³/mol. The zero-order valence-corrected chi connectivity index (χ0v) is 23.2. The molecule has 0 bridgehead atoms. The van der Waals surface area contributed by atoms with Gasteiger partial charge in [0, 0.05) is 76.6 Å². The lowest BCUT2D eigenvalue weighted by Gasteiger charge is -2.47. The van der Waals surface area contributed by atoms with Crippen LogP contribution >= 0.6 is 11.3 Å². The summed E-state index contributed by atoms with van der Waals surface area (Å²) in [6.45, 7) is 10.6. The van der Waals surface area contributed by atoms with Crippen molar-refractivity contribution in [1.82, 2.24) is 29.4 Å². The maximum Gasteiger partial charge on any atom is 0.162 e. The van der Waals surface area contributed by atoms with Crippen molar-refractivity contribution in [1.29, 1.82) is 0 Å². The van der Waals surface area contributed by atoms with Gasteiger partial charge in [-0.1, -0.05) is 12.1 Å². The summed E-state index contributed by atoms with van der Waals surface area (Å²) >= 11 is 1.78. The van der Waals surface area contributed by atoms with Gasteiger partial charge in [-0.25, -0.2) is 14.3 Å². The molecule has 0 saturated carbocycles. The Morgan fingerprint density at radius 2 is 2.00 bits per heavy atom. The van der Waals surface area contributed by atoms with E-state index in [1.54, 1.807) is 17.6 Å². The number of H-pyrrole nitrogens is 1. The number of nitrogens with zero attached hydrogens (tertiary/aromatic N) is 6. The van der Waals surface area contributed by atoms with Gasteiger partial charge in [0.05, 0.1) is 35.1 Å². The Bertz CT molecular complexity index is 1550. The number of rotatable bonds is 5. The average molecular weight is 540 g/mol. The van der Waals surface area contributed by atoms with E-state index in [1.807, 2.05) is 22.6 Å². The van der Waals surface area contributed by atoms with Gasteiger partial charge in [0.1, 0.15) is 0 Å². The third-order valence-corrected chi connectivity index (χ3v) is 9.88. The Morgan fingerprint density at radius 3 is 2.76 bits per heavy atom. The quantitative estimate of drug-likeness (QED) is 0.390. The molecule has 3 aromatic heterocycles. The van der Waals surface area contributed by atoms with Crippen LogP contribution in [0.25, 0.3) is 32.5 Å². The molecule has 1 unspecified atom stereocenters. The molecule has 4 aromatic rings. The van der Waals surface area contributed by atoms with Gasteiger partial charge in [0.2, 0.25) is 0 Å². The second-order valence-electron chi connectivity index (χ2n) is 10.6. The van der Waals surface area contributed by atoms with Gasteiger partial charge in [0.25, 0.3) is 0 Å². The number of hydrogen-bond donors (Lipinski definition) is 1. The number of hydrogen-bond acceptors (Lipinski definition) is 8. The van der Waals surface area contributed by atoms with E-state index >= 15 is 0 Å². The highest BCUT2D eigenvalue weighted by molar-refractivity contribution is 7.97. The summed E-state index contributed by atoms with van der Waals surface area (Å²) < 4.78 is 21.3. The number of aromatic amines is 1. The number of piperazine rings is 1. The SMILES string of the molecule is C=S(C)(=O)N1CCN(Cc2cc3nc(-c4cccc5[nH]ncc45)nc(N4CCOCC4)c3s2)C(C)(C)C1. The number of thiophene rings is 1. The van der Waals surface area contributed by atoms with Crippen LogP contribution in [0.2, 0.25) is 0 Å². The highest BCUT2D eigenvalue weighted by Crippen LogP contribution is 2.37. The second kappa shape index (κ2) is 9.32. The number of morpholine rings is 1. The van der Waals surface area contributed by atoms with E-state index in [9.17, 15) is 4.21 Å². The van der Waals surface area contributed by atoms with Gasteiger partial charge in [-0.05, 0) is 31.9 Å². The highest BCUT2D eigenvalue weighted by Gasteiger charge is 2.35. The average Bonchev–Trinajstić information content (AvgIpc) is 3.51. The Hall–Kier alpha value is -2.57. The first-order valence-corrected chi connectivity index (χ1v) is 15.5. The first kappa shape index (κ1) is 24.7. The fraction of sp³-hybridized carbons (Fsp3) is 0.462. The number of ether oxygens (including phenoxy) is 1. The number of anilines is 1. The minimum Gasteiger partial charge on any atom is -0.378 e. The molecule has 0 radical (unpaired) electrons. The summed E-state index contributed by atoms with van der Waals surface area (Å²) in [6, 6.07) is 8.31. The molecule has 5 heterocycles. The Labute approximate surface area is 221 Å². The molecule has 6 rings (SSSR count). The summed E-state index contributed by atoms with van der Waals surface area (Å²) in [6.07, 6.45) is 3.58. The van der Waals surface area contributed by atoms with E-state index in [1.165, 1.54) is 4.88 Å². The second-order valence-corrected chi connectivity index (χ2v) is 14.2. The molecule has 2 saturated heterocycles. The fourth-order valence-corrected chi connectivity index (χ4v) is 7.46. The van der Waals surface area contributed by atoms with E-state index in [0.717, 1.165) is 71.8 Å². The minimum absolute atomic E-state index is 0.119. The zero-order chi connectivity index (χ0) is 25.8. The van der Waals surface area contributed by atoms with Crippen LogP contribution in [-0.4, -0.2) is 97.2 Å². The Balaban J connectivity index is 1.39. The van der Waals surface area contributed by atoms with Gasteiger partial charge >= 0.3 is 0 Å². The summed E-state index contributed by atoms with van der Waals surface area (Å²) in [5.41, 5.74) is 2.80. The van der Waals surface area contributed by atoms with Crippen molar-refractivity contribution < 1.29 is 8.95 Å². The molecular weight excluding hydrogens is 506 g/mol. The van der Waals surface area contributed by atoms with Crippen molar-refractivity contribution in [3.8, 4) is 11.4 Å². The molecule has 9 nitrogen and oxygen atoms in total. The third kappa shape index (κ3) is 4.74. The number of aromatic nitrogens is 4. The molecule has 196 valence electrons. The normalized spacial score (nSPS) is 21.0. The van der Waals surface area contributed by atoms with Crippen LogP contribution in [0.1, 0.15) is 18.7 Å². The molecule has 2 fully saturated rings. The third-order valence-electron chi connectivity index (χ3n) is 7.37. The topological polar surface area (TPSA) is 90.5 Å². The molecule has 1 atom stereocenters. The molecule has 2 aliphatic heterocycles. The van der Waals surface area contributed by atoms with Crippen LogP contribution < -0.4 is 4.90 Å². The van der Waals surface area contributed by atoms with Crippen LogP contribution in [0.4, 0.5) is 5.82 Å². The van der Waals surface area contributed by atoms with Crippen molar-refractivity contribution in [2.24, 2.45) is 0 Å². The van der Waals surface area contributed by atoms with E-state index in [0.29, 0.717) is 19.0 Å². The molecule has 1 aromatic carbocycles. The molecule has 0 amide bonds. The fourth-order valence-electron chi connectivity index (χ4n) is 5.27. The lowest BCUT2D eigenvalue weighted by molar-refractivity contribution is 0.0501. The molecule has 37 heavy (non-hydrogen) atoms. The van der Waals surface area contributed by atoms with Gasteiger partial charge in [-0.2, -0.15) is 5.10 Å². The summed E-state index contributed by atoms with van der Waals surface area (Å²) in [4.78, 5) is 16.2. The maximum absolute atomic E-state index is 12.6. The maximum atomic E-state index is 12.6. The Morgan fingerprint density at radius 1 is 1.19 bits per heavy atom. The minimum atomic E-state index is -2.21. The van der Waals surface area contributed by atoms with Crippen molar-refractivity contribution in [3.63, 3.8) is 0 Å². The standard InChI is InChI=1S/C26H33N7O2S2/c1-26(2)17-33(37(3,4)34)9-8-32(26)16-18-14-22-23(36-18)25(31-10-12-35-13-11-31)29-24(28-22)19-6-5-7-21-20(19)15-27-30-21/h5-7,14-15H,3,8-13,16-17H2,1-2,4H3,(H,27,30). The van der Waals surface area contributed by atoms with Gasteiger partial charge < -0.3 is 9.64 Å². The first-order chi connectivity index (χ1) is 17.7. The Kier molecular flexibility index (Phi) is 6.23. The molecule has 0 spiro atoms. The van der Waals surface area contributed by atoms with E-state index in [2.05, 4.69) is 51.8 Å². The molecule has 0 aliphatic carbocycles. The van der Waals surface area contributed by atoms with Crippen LogP contribution in [0.5, 0.6) is 0 Å². The van der Waals surface area contributed by atoms with E-state index in [-0.39, 0.29) is 5.54 Å². The van der Waals surface area contributed by atoms with Gasteiger partial charge in [-0.3, -0.25) is 14.2 Å². The number of nitrogens with one attached hydrogen (secondary N) is 1. The number of fused-ring (bicyclic) bond motifs is 2. The van der Waals surface area contributed by atoms with Crippen molar-refractivity contribution in [2.75, 3.05) is 57.1 Å². The summed E-state index contributed by atoms with van der Waals surface area (Å²) in [5, 5.41) is 8.30. The lowest BCUT2D eigenvalue weighted by Crippen LogP contribution is -2.59. The van der Waals surface area contributed by atoms with E-state index < -0.39 is 9.71 Å². The molecule has 2 aliphatic rings. The first-order valence-electron chi connectivity index (χ1n) is 12.6. The van der Waals surface area contributed by atoms with E-state index in [4.69, 9.17) is 14.7 Å². The molecular formula is C26H33N7O2S2. The molecule has 11 heteroatoms. The largest absolute Gasteiger partial charge is 0.378 e. The smallest absolute Gasteiger partial charge is 0.162 e. The predicted octanol–water partition coefficient (Wildman–Crippen LogP) is 3.23. The lowest BCUT2D eigenvalue weighted by atomic mass is 10.00. The van der Waals surface area contributed by atoms with Crippen molar-refractivity contribution in [2.45, 2.75) is 25.9 Å². The highest BCUT2D eigenvalue weighted by atomic mass is 32.2. The summed E-state index contributed by atoms with van der Waals surface area (Å²) in [7, 11) is -2.21. The number of benzene rings is 1. The molecule has 1 N–H and O–H groups in total. The van der Waals surface area contributed by atoms with Gasteiger partial charge in [0.15, 0.2) is 11.6 Å². The van der Waals surface area contributed by atoms with Crippen molar-refractivity contribution >= 4 is 53.9 Å². The van der Waals surface area contributed by atoms with Crippen LogP contribution in [0.3, 0.4) is 0 Å². The monoisotopic (exact) mass is 539 g/mol. The van der Waals surface area contributed by atoms with Crippen LogP contribution in [0, 0.1) is 0 Å².